The van der Waals surface area contributed by atoms with E-state index in [1.165, 1.54) is 12.1 Å². The Kier molecular flexibility index (Phi) is 4.51. The third-order valence-corrected chi connectivity index (χ3v) is 3.66. The van der Waals surface area contributed by atoms with Gasteiger partial charge in [0.1, 0.15) is 5.82 Å². The van der Waals surface area contributed by atoms with Crippen LogP contribution in [0.25, 0.3) is 22.2 Å². The zero-order valence-electron chi connectivity index (χ0n) is 13.6. The van der Waals surface area contributed by atoms with Gasteiger partial charge in [-0.15, -0.1) is 0 Å². The second kappa shape index (κ2) is 6.74. The van der Waals surface area contributed by atoms with Crippen molar-refractivity contribution in [3.63, 3.8) is 0 Å². The average molecular weight is 323 g/mol. The van der Waals surface area contributed by atoms with Gasteiger partial charge < -0.3 is 5.32 Å². The lowest BCUT2D eigenvalue weighted by Gasteiger charge is -2.12. The van der Waals surface area contributed by atoms with E-state index in [0.717, 1.165) is 5.56 Å². The lowest BCUT2D eigenvalue weighted by atomic mass is 10.0. The van der Waals surface area contributed by atoms with Crippen molar-refractivity contribution in [1.29, 1.82) is 0 Å². The number of halogens is 1. The summed E-state index contributed by atoms with van der Waals surface area (Å²) in [5.41, 5.74) is 2.52. The summed E-state index contributed by atoms with van der Waals surface area (Å²) in [6.45, 7) is 4.60. The molecular weight excluding hydrogens is 305 g/mol. The van der Waals surface area contributed by atoms with Gasteiger partial charge in [0, 0.05) is 29.9 Å². The molecular formula is C19H18FN3O. The molecule has 0 aliphatic carbocycles. The summed E-state index contributed by atoms with van der Waals surface area (Å²) in [5, 5.41) is 3.40. The molecule has 1 amide bonds. The second-order valence-corrected chi connectivity index (χ2v) is 6.06. The number of pyridine rings is 2. The summed E-state index contributed by atoms with van der Waals surface area (Å²) in [6, 6.07) is 9.65. The summed E-state index contributed by atoms with van der Waals surface area (Å²) in [5.74, 6) is -0.283. The molecule has 5 heteroatoms. The molecule has 0 unspecified atom stereocenters. The number of nitrogens with zero attached hydrogens (tertiary/aromatic N) is 2. The van der Waals surface area contributed by atoms with E-state index in [9.17, 15) is 9.18 Å². The molecule has 2 aromatic heterocycles. The first-order valence-corrected chi connectivity index (χ1v) is 7.83. The summed E-state index contributed by atoms with van der Waals surface area (Å²) in [4.78, 5) is 21.1. The van der Waals surface area contributed by atoms with Crippen molar-refractivity contribution in [3.8, 4) is 11.3 Å². The number of carbonyl (C=O) groups is 1. The van der Waals surface area contributed by atoms with Crippen molar-refractivity contribution in [3.05, 3.63) is 60.2 Å². The zero-order chi connectivity index (χ0) is 17.1. The molecule has 0 aliphatic heterocycles. The molecule has 2 heterocycles. The van der Waals surface area contributed by atoms with Crippen LogP contribution in [0.1, 0.15) is 24.2 Å². The molecule has 0 atom stereocenters. The van der Waals surface area contributed by atoms with E-state index in [1.54, 1.807) is 24.5 Å². The van der Waals surface area contributed by atoms with Crippen LogP contribution >= 0.6 is 0 Å². The molecule has 122 valence electrons. The molecule has 4 nitrogen and oxygen atoms in total. The van der Waals surface area contributed by atoms with Crippen LogP contribution in [-0.4, -0.2) is 22.4 Å². The standard InChI is InChI=1S/C19H18FN3O/c1-12(2)11-22-19(24)16-10-18(13-5-7-21-8-6-13)23-17-4-3-14(20)9-15(16)17/h3-10,12H,11H2,1-2H3,(H,22,24). The van der Waals surface area contributed by atoms with Gasteiger partial charge in [0.05, 0.1) is 16.8 Å². The lowest BCUT2D eigenvalue weighted by molar-refractivity contribution is 0.0950. The fourth-order valence-corrected chi connectivity index (χ4v) is 2.45. The molecule has 1 N–H and O–H groups in total. The number of fused-ring (bicyclic) bond motifs is 1. The maximum atomic E-state index is 13.6. The van der Waals surface area contributed by atoms with E-state index in [4.69, 9.17) is 0 Å². The number of benzene rings is 1. The van der Waals surface area contributed by atoms with Crippen molar-refractivity contribution in [1.82, 2.24) is 15.3 Å². The molecule has 3 aromatic rings. The van der Waals surface area contributed by atoms with Crippen LogP contribution in [0.3, 0.4) is 0 Å². The van der Waals surface area contributed by atoms with E-state index < -0.39 is 0 Å². The summed E-state index contributed by atoms with van der Waals surface area (Å²) in [6.07, 6.45) is 3.34. The predicted octanol–water partition coefficient (Wildman–Crippen LogP) is 3.82. The van der Waals surface area contributed by atoms with Gasteiger partial charge in [-0.2, -0.15) is 0 Å². The Hall–Kier alpha value is -2.82. The molecule has 24 heavy (non-hydrogen) atoms. The molecule has 1 aromatic carbocycles. The number of nitrogens with one attached hydrogen (secondary N) is 1. The summed E-state index contributed by atoms with van der Waals surface area (Å²) in [7, 11) is 0. The third-order valence-electron chi connectivity index (χ3n) is 3.66. The van der Waals surface area contributed by atoms with Gasteiger partial charge in [-0.1, -0.05) is 13.8 Å². The fraction of sp³-hybridized carbons (Fsp3) is 0.211. The van der Waals surface area contributed by atoms with Gasteiger partial charge in [0.2, 0.25) is 0 Å². The van der Waals surface area contributed by atoms with Crippen LogP contribution in [0.2, 0.25) is 0 Å². The highest BCUT2D eigenvalue weighted by Crippen LogP contribution is 2.25. The first kappa shape index (κ1) is 16.1. The topological polar surface area (TPSA) is 54.9 Å². The first-order chi connectivity index (χ1) is 11.5. The number of amides is 1. The molecule has 0 saturated carbocycles. The number of hydrogen-bond acceptors (Lipinski definition) is 3. The maximum Gasteiger partial charge on any atom is 0.252 e. The van der Waals surface area contributed by atoms with Crippen molar-refractivity contribution < 1.29 is 9.18 Å². The van der Waals surface area contributed by atoms with Gasteiger partial charge in [-0.25, -0.2) is 9.37 Å². The monoisotopic (exact) mass is 323 g/mol. The molecule has 0 bridgehead atoms. The number of carbonyl (C=O) groups excluding carboxylic acids is 1. The van der Waals surface area contributed by atoms with Crippen LogP contribution in [0, 0.1) is 11.7 Å². The van der Waals surface area contributed by atoms with Crippen molar-refractivity contribution in [2.45, 2.75) is 13.8 Å². The van der Waals surface area contributed by atoms with Crippen molar-refractivity contribution >= 4 is 16.8 Å². The van der Waals surface area contributed by atoms with E-state index in [0.29, 0.717) is 34.6 Å². The molecule has 0 spiro atoms. The predicted molar refractivity (Wildman–Crippen MR) is 92.1 cm³/mol. The normalized spacial score (nSPS) is 11.0. The summed E-state index contributed by atoms with van der Waals surface area (Å²) < 4.78 is 13.6. The molecule has 0 radical (unpaired) electrons. The van der Waals surface area contributed by atoms with E-state index in [-0.39, 0.29) is 11.7 Å². The number of rotatable bonds is 4. The SMILES string of the molecule is CC(C)CNC(=O)c1cc(-c2ccncc2)nc2ccc(F)cc12. The Balaban J connectivity index is 2.13. The molecule has 0 aliphatic rings. The van der Waals surface area contributed by atoms with Crippen molar-refractivity contribution in [2.75, 3.05) is 6.54 Å². The second-order valence-electron chi connectivity index (χ2n) is 6.06. The van der Waals surface area contributed by atoms with Crippen molar-refractivity contribution in [2.24, 2.45) is 5.92 Å². The zero-order valence-corrected chi connectivity index (χ0v) is 13.6. The summed E-state index contributed by atoms with van der Waals surface area (Å²) >= 11 is 0. The smallest absolute Gasteiger partial charge is 0.252 e. The highest BCUT2D eigenvalue weighted by molar-refractivity contribution is 6.07. The minimum absolute atomic E-state index is 0.225. The minimum atomic E-state index is -0.390. The Morgan fingerprint density at radius 2 is 1.92 bits per heavy atom. The van der Waals surface area contributed by atoms with Gasteiger partial charge in [0.25, 0.3) is 5.91 Å². The molecule has 0 saturated heterocycles. The Labute approximate surface area is 139 Å². The van der Waals surface area contributed by atoms with Crippen LogP contribution in [-0.2, 0) is 0 Å². The van der Waals surface area contributed by atoms with Gasteiger partial charge >= 0.3 is 0 Å². The number of hydrogen-bond donors (Lipinski definition) is 1. The Morgan fingerprint density at radius 1 is 1.17 bits per heavy atom. The quantitative estimate of drug-likeness (QED) is 0.794. The van der Waals surface area contributed by atoms with E-state index in [2.05, 4.69) is 15.3 Å². The maximum absolute atomic E-state index is 13.6. The van der Waals surface area contributed by atoms with Gasteiger partial charge in [-0.3, -0.25) is 9.78 Å². The third kappa shape index (κ3) is 3.40. The van der Waals surface area contributed by atoms with Crippen LogP contribution in [0.4, 0.5) is 4.39 Å². The van der Waals surface area contributed by atoms with Crippen LogP contribution in [0.5, 0.6) is 0 Å². The van der Waals surface area contributed by atoms with Crippen LogP contribution < -0.4 is 5.32 Å². The van der Waals surface area contributed by atoms with E-state index in [1.807, 2.05) is 26.0 Å². The van der Waals surface area contributed by atoms with E-state index >= 15 is 0 Å². The average Bonchev–Trinajstić information content (AvgIpc) is 2.59. The highest BCUT2D eigenvalue weighted by atomic mass is 19.1. The highest BCUT2D eigenvalue weighted by Gasteiger charge is 2.15. The largest absolute Gasteiger partial charge is 0.352 e. The fourth-order valence-electron chi connectivity index (χ4n) is 2.45. The van der Waals surface area contributed by atoms with Crippen LogP contribution in [0.15, 0.2) is 48.8 Å². The lowest BCUT2D eigenvalue weighted by Crippen LogP contribution is -2.27. The van der Waals surface area contributed by atoms with Gasteiger partial charge in [-0.05, 0) is 42.3 Å². The number of aromatic nitrogens is 2. The molecule has 3 rings (SSSR count). The Bertz CT molecular complexity index is 878. The Morgan fingerprint density at radius 3 is 2.62 bits per heavy atom. The van der Waals surface area contributed by atoms with Gasteiger partial charge in [0.15, 0.2) is 0 Å². The minimum Gasteiger partial charge on any atom is -0.352 e. The first-order valence-electron chi connectivity index (χ1n) is 7.83. The molecule has 0 fully saturated rings.